The minimum absolute atomic E-state index is 0.0333. The van der Waals surface area contributed by atoms with E-state index in [2.05, 4.69) is 25.6 Å². The molecular formula is C19H14F2N6OS. The molecule has 0 bridgehead atoms. The van der Waals surface area contributed by atoms with E-state index in [0.29, 0.717) is 28.8 Å². The second-order valence-corrected chi connectivity index (χ2v) is 7.01. The van der Waals surface area contributed by atoms with Gasteiger partial charge in [0.1, 0.15) is 23.0 Å². The standard InChI is InChI=1S/C19H14F2N6OS/c20-13-6-7-15(14(21)8-13)24-16(28)10-29-19-17-18(22-11-23-19)27(26-25-17)9-12-4-2-1-3-5-12/h1-8,11H,9-10H2,(H,24,28). The van der Waals surface area contributed by atoms with Crippen LogP contribution in [0.5, 0.6) is 0 Å². The van der Waals surface area contributed by atoms with Gasteiger partial charge in [-0.3, -0.25) is 4.79 Å². The van der Waals surface area contributed by atoms with Crippen LogP contribution in [0.1, 0.15) is 5.56 Å². The molecule has 2 aromatic heterocycles. The van der Waals surface area contributed by atoms with Gasteiger partial charge in [-0.15, -0.1) is 5.10 Å². The molecule has 0 spiro atoms. The summed E-state index contributed by atoms with van der Waals surface area (Å²) in [6, 6.07) is 12.7. The number of nitrogens with one attached hydrogen (secondary N) is 1. The van der Waals surface area contributed by atoms with Gasteiger partial charge in [0.15, 0.2) is 11.2 Å². The lowest BCUT2D eigenvalue weighted by atomic mass is 10.2. The van der Waals surface area contributed by atoms with Crippen LogP contribution in [-0.4, -0.2) is 36.6 Å². The Morgan fingerprint density at radius 2 is 1.93 bits per heavy atom. The minimum Gasteiger partial charge on any atom is -0.323 e. The quantitative estimate of drug-likeness (QED) is 0.386. The van der Waals surface area contributed by atoms with Gasteiger partial charge in [-0.25, -0.2) is 23.4 Å². The highest BCUT2D eigenvalue weighted by molar-refractivity contribution is 8.00. The monoisotopic (exact) mass is 412 g/mol. The van der Waals surface area contributed by atoms with Crippen LogP contribution < -0.4 is 5.32 Å². The van der Waals surface area contributed by atoms with Crippen LogP contribution >= 0.6 is 11.8 Å². The zero-order valence-electron chi connectivity index (χ0n) is 14.9. The Morgan fingerprint density at radius 1 is 1.10 bits per heavy atom. The molecule has 7 nitrogen and oxygen atoms in total. The molecule has 0 unspecified atom stereocenters. The highest BCUT2D eigenvalue weighted by Crippen LogP contribution is 2.23. The van der Waals surface area contributed by atoms with Gasteiger partial charge in [0, 0.05) is 6.07 Å². The third-order valence-corrected chi connectivity index (χ3v) is 4.97. The molecule has 0 aliphatic heterocycles. The third kappa shape index (κ3) is 4.37. The van der Waals surface area contributed by atoms with E-state index in [1.807, 2.05) is 30.3 Å². The van der Waals surface area contributed by atoms with Gasteiger partial charge < -0.3 is 5.32 Å². The number of nitrogens with zero attached hydrogens (tertiary/aromatic N) is 5. The molecule has 0 aliphatic carbocycles. The molecule has 0 aliphatic rings. The van der Waals surface area contributed by atoms with E-state index in [0.717, 1.165) is 23.4 Å². The number of halogens is 2. The molecule has 10 heteroatoms. The summed E-state index contributed by atoms with van der Waals surface area (Å²) < 4.78 is 28.3. The molecule has 0 fully saturated rings. The fraction of sp³-hybridized carbons (Fsp3) is 0.105. The first-order valence-corrected chi connectivity index (χ1v) is 9.54. The van der Waals surface area contributed by atoms with Crippen molar-refractivity contribution in [3.63, 3.8) is 0 Å². The van der Waals surface area contributed by atoms with Crippen LogP contribution in [0, 0.1) is 11.6 Å². The van der Waals surface area contributed by atoms with Crippen LogP contribution in [0.15, 0.2) is 59.9 Å². The van der Waals surface area contributed by atoms with Crippen molar-refractivity contribution in [3.8, 4) is 0 Å². The number of aromatic nitrogens is 5. The number of carbonyl (C=O) groups excluding carboxylic acids is 1. The largest absolute Gasteiger partial charge is 0.323 e. The number of fused-ring (bicyclic) bond motifs is 1. The maximum absolute atomic E-state index is 13.7. The second kappa shape index (κ2) is 8.31. The van der Waals surface area contributed by atoms with E-state index in [-0.39, 0.29) is 11.4 Å². The van der Waals surface area contributed by atoms with Crippen molar-refractivity contribution in [2.24, 2.45) is 0 Å². The predicted molar refractivity (Wildman–Crippen MR) is 104 cm³/mol. The third-order valence-electron chi connectivity index (χ3n) is 3.99. The molecule has 4 aromatic rings. The Hall–Kier alpha value is -3.40. The zero-order valence-corrected chi connectivity index (χ0v) is 15.7. The molecule has 2 heterocycles. The van der Waals surface area contributed by atoms with Crippen molar-refractivity contribution < 1.29 is 13.6 Å². The Morgan fingerprint density at radius 3 is 2.72 bits per heavy atom. The lowest BCUT2D eigenvalue weighted by Gasteiger charge is -2.06. The number of hydrogen-bond acceptors (Lipinski definition) is 6. The van der Waals surface area contributed by atoms with Crippen LogP contribution in [0.3, 0.4) is 0 Å². The number of thioether (sulfide) groups is 1. The summed E-state index contributed by atoms with van der Waals surface area (Å²) in [6.45, 7) is 0.503. The van der Waals surface area contributed by atoms with Gasteiger partial charge >= 0.3 is 0 Å². The first kappa shape index (κ1) is 18.9. The average molecular weight is 412 g/mol. The molecular weight excluding hydrogens is 398 g/mol. The Kier molecular flexibility index (Phi) is 5.43. The van der Waals surface area contributed by atoms with Gasteiger partial charge in [0.25, 0.3) is 0 Å². The highest BCUT2D eigenvalue weighted by Gasteiger charge is 2.15. The van der Waals surface area contributed by atoms with E-state index >= 15 is 0 Å². The van der Waals surface area contributed by atoms with Gasteiger partial charge in [-0.1, -0.05) is 47.3 Å². The van der Waals surface area contributed by atoms with Crippen molar-refractivity contribution in [3.05, 3.63) is 72.1 Å². The number of rotatable bonds is 6. The minimum atomic E-state index is -0.836. The molecule has 4 rings (SSSR count). The van der Waals surface area contributed by atoms with Gasteiger partial charge in [-0.05, 0) is 17.7 Å². The lowest BCUT2D eigenvalue weighted by Crippen LogP contribution is -2.15. The van der Waals surface area contributed by atoms with Crippen molar-refractivity contribution in [1.82, 2.24) is 25.0 Å². The SMILES string of the molecule is O=C(CSc1ncnc2c1nnn2Cc1ccccc1)Nc1ccc(F)cc1F. The summed E-state index contributed by atoms with van der Waals surface area (Å²) in [5.74, 6) is -2.04. The Balaban J connectivity index is 1.46. The van der Waals surface area contributed by atoms with Crippen molar-refractivity contribution >= 4 is 34.5 Å². The summed E-state index contributed by atoms with van der Waals surface area (Å²) in [5.41, 5.74) is 2.00. The summed E-state index contributed by atoms with van der Waals surface area (Å²) in [5, 5.41) is 11.2. The van der Waals surface area contributed by atoms with E-state index in [9.17, 15) is 13.6 Å². The van der Waals surface area contributed by atoms with Crippen LogP contribution in [0.2, 0.25) is 0 Å². The molecule has 0 atom stereocenters. The van der Waals surface area contributed by atoms with Crippen LogP contribution in [0.4, 0.5) is 14.5 Å². The van der Waals surface area contributed by atoms with E-state index in [1.165, 1.54) is 12.4 Å². The average Bonchev–Trinajstić information content (AvgIpc) is 3.13. The molecule has 146 valence electrons. The van der Waals surface area contributed by atoms with E-state index < -0.39 is 17.5 Å². The van der Waals surface area contributed by atoms with Gasteiger partial charge in [0.05, 0.1) is 18.0 Å². The molecule has 0 saturated heterocycles. The molecule has 29 heavy (non-hydrogen) atoms. The molecule has 0 saturated carbocycles. The van der Waals surface area contributed by atoms with Crippen LogP contribution in [0.25, 0.3) is 11.2 Å². The zero-order chi connectivity index (χ0) is 20.2. The maximum Gasteiger partial charge on any atom is 0.234 e. The number of amides is 1. The molecule has 0 radical (unpaired) electrons. The summed E-state index contributed by atoms with van der Waals surface area (Å²) in [7, 11) is 0. The van der Waals surface area contributed by atoms with E-state index in [1.54, 1.807) is 4.68 Å². The van der Waals surface area contributed by atoms with E-state index in [4.69, 9.17) is 0 Å². The first-order chi connectivity index (χ1) is 14.1. The van der Waals surface area contributed by atoms with Gasteiger partial charge in [-0.2, -0.15) is 0 Å². The highest BCUT2D eigenvalue weighted by atomic mass is 32.2. The smallest absolute Gasteiger partial charge is 0.234 e. The second-order valence-electron chi connectivity index (χ2n) is 6.04. The lowest BCUT2D eigenvalue weighted by molar-refractivity contribution is -0.113. The molecule has 1 N–H and O–H groups in total. The number of anilines is 1. The van der Waals surface area contributed by atoms with Crippen LogP contribution in [-0.2, 0) is 11.3 Å². The molecule has 2 aromatic carbocycles. The molecule has 1 amide bonds. The maximum atomic E-state index is 13.7. The fourth-order valence-corrected chi connectivity index (χ4v) is 3.38. The van der Waals surface area contributed by atoms with Crippen molar-refractivity contribution in [2.75, 3.05) is 11.1 Å². The Labute approximate surface area is 168 Å². The topological polar surface area (TPSA) is 85.6 Å². The summed E-state index contributed by atoms with van der Waals surface area (Å²) in [6.07, 6.45) is 1.38. The summed E-state index contributed by atoms with van der Waals surface area (Å²) in [4.78, 5) is 20.5. The van der Waals surface area contributed by atoms with Crippen molar-refractivity contribution in [2.45, 2.75) is 11.6 Å². The number of benzene rings is 2. The Bertz CT molecular complexity index is 1170. The predicted octanol–water partition coefficient (Wildman–Crippen LogP) is 3.28. The van der Waals surface area contributed by atoms with Gasteiger partial charge in [0.2, 0.25) is 5.91 Å². The summed E-state index contributed by atoms with van der Waals surface area (Å²) >= 11 is 1.13. The fourth-order valence-electron chi connectivity index (χ4n) is 2.65. The number of carbonyl (C=O) groups is 1. The van der Waals surface area contributed by atoms with Crippen molar-refractivity contribution in [1.29, 1.82) is 0 Å². The normalized spacial score (nSPS) is 11.0. The number of hydrogen-bond donors (Lipinski definition) is 1. The first-order valence-electron chi connectivity index (χ1n) is 8.56.